The number of nitrogens with zero attached hydrogens (tertiary/aromatic N) is 1. The maximum atomic E-state index is 11.3. The van der Waals surface area contributed by atoms with Gasteiger partial charge in [0.2, 0.25) is 12.4 Å². The van der Waals surface area contributed by atoms with E-state index in [1.165, 1.54) is 0 Å². The summed E-state index contributed by atoms with van der Waals surface area (Å²) in [6.07, 6.45) is 0. The molecule has 64 valence electrons. The lowest BCUT2D eigenvalue weighted by molar-refractivity contribution is -0.452. The van der Waals surface area contributed by atoms with Crippen molar-refractivity contribution in [2.75, 3.05) is 6.67 Å². The van der Waals surface area contributed by atoms with Gasteiger partial charge in [0.25, 0.3) is 0 Å². The molecule has 0 saturated heterocycles. The van der Waals surface area contributed by atoms with Gasteiger partial charge in [-0.1, -0.05) is 6.07 Å². The van der Waals surface area contributed by atoms with Gasteiger partial charge in [-0.2, -0.15) is 4.74 Å². The quantitative estimate of drug-likeness (QED) is 0.519. The van der Waals surface area contributed by atoms with Crippen LogP contribution in [0.1, 0.15) is 11.8 Å². The molecule has 1 aromatic rings. The number of hydrogen-bond acceptors (Lipinski definition) is 3. The molecule has 2 heterocycles. The van der Waals surface area contributed by atoms with E-state index in [-0.39, 0.29) is 6.04 Å². The molecule has 1 atom stereocenters. The number of hydroxylamine groups is 1. The van der Waals surface area contributed by atoms with Crippen LogP contribution in [-0.2, 0) is 0 Å². The molecule has 2 rings (SSSR count). The van der Waals surface area contributed by atoms with Crippen LogP contribution in [0.15, 0.2) is 17.5 Å². The third-order valence-electron chi connectivity index (χ3n) is 1.99. The van der Waals surface area contributed by atoms with E-state index < -0.39 is 0 Å². The van der Waals surface area contributed by atoms with E-state index in [0.29, 0.717) is 6.67 Å². The summed E-state index contributed by atoms with van der Waals surface area (Å²) in [5, 5.41) is 16.4. The normalized spacial score (nSPS) is 23.6. The molecule has 0 radical (unpaired) electrons. The number of thiophene rings is 1. The molecule has 3 nitrogen and oxygen atoms in total. The predicted molar refractivity (Wildman–Crippen MR) is 49.5 cm³/mol. The Labute approximate surface area is 74.9 Å². The third kappa shape index (κ3) is 1.13. The Bertz CT molecular complexity index is 305. The molecule has 1 aromatic heterocycles. The van der Waals surface area contributed by atoms with Crippen molar-refractivity contribution in [1.82, 2.24) is 5.32 Å². The first-order chi connectivity index (χ1) is 5.79. The fourth-order valence-corrected chi connectivity index (χ4v) is 2.24. The number of nitrogens with one attached hydrogen (secondary N) is 1. The maximum absolute atomic E-state index is 11.3. The van der Waals surface area contributed by atoms with E-state index in [0.717, 1.165) is 15.3 Å². The van der Waals surface area contributed by atoms with Crippen LogP contribution in [0, 0.1) is 5.21 Å². The molecular weight excluding hydrogens is 172 g/mol. The minimum absolute atomic E-state index is 0.182. The van der Waals surface area contributed by atoms with Crippen LogP contribution < -0.4 is 5.32 Å². The van der Waals surface area contributed by atoms with Gasteiger partial charge < -0.3 is 5.21 Å². The van der Waals surface area contributed by atoms with Gasteiger partial charge in [0.15, 0.2) is 0 Å². The van der Waals surface area contributed by atoms with Crippen LogP contribution in [-0.4, -0.2) is 23.2 Å². The standard InChI is InChI=1S/C8H10N2OS/c1-6-8(10(11)5-9-6)7-3-2-4-12-7/h2-4,6,9H,5H2,1H3. The monoisotopic (exact) mass is 182 g/mol. The minimum Gasteiger partial charge on any atom is -0.623 e. The van der Waals surface area contributed by atoms with Crippen LogP contribution in [0.5, 0.6) is 0 Å². The Morgan fingerprint density at radius 3 is 3.08 bits per heavy atom. The summed E-state index contributed by atoms with van der Waals surface area (Å²) in [5.41, 5.74) is 0.866. The second-order valence-electron chi connectivity index (χ2n) is 2.82. The molecule has 0 aliphatic carbocycles. The van der Waals surface area contributed by atoms with E-state index in [2.05, 4.69) is 5.32 Å². The molecule has 0 fully saturated rings. The summed E-state index contributed by atoms with van der Waals surface area (Å²) in [4.78, 5) is 1.07. The third-order valence-corrected chi connectivity index (χ3v) is 2.89. The second kappa shape index (κ2) is 2.88. The SMILES string of the molecule is CC1NC[N+]([O-])=C1c1cccs1. The number of rotatable bonds is 1. The van der Waals surface area contributed by atoms with Crippen LogP contribution in [0.25, 0.3) is 0 Å². The highest BCUT2D eigenvalue weighted by Gasteiger charge is 2.27. The Morgan fingerprint density at radius 1 is 1.75 bits per heavy atom. The molecule has 0 amide bonds. The average Bonchev–Trinajstić information content (AvgIpc) is 2.61. The molecular formula is C8H10N2OS. The minimum atomic E-state index is 0.182. The molecule has 1 aliphatic rings. The van der Waals surface area contributed by atoms with Gasteiger partial charge in [0.05, 0.1) is 10.9 Å². The zero-order valence-electron chi connectivity index (χ0n) is 6.78. The van der Waals surface area contributed by atoms with Crippen LogP contribution >= 0.6 is 11.3 Å². The Morgan fingerprint density at radius 2 is 2.58 bits per heavy atom. The highest BCUT2D eigenvalue weighted by Crippen LogP contribution is 2.14. The van der Waals surface area contributed by atoms with Gasteiger partial charge in [-0.05, 0) is 18.4 Å². The lowest BCUT2D eigenvalue weighted by Crippen LogP contribution is -2.26. The Hall–Kier alpha value is -0.870. The van der Waals surface area contributed by atoms with E-state index in [4.69, 9.17) is 0 Å². The summed E-state index contributed by atoms with van der Waals surface area (Å²) < 4.78 is 1.02. The van der Waals surface area contributed by atoms with Crippen LogP contribution in [0.3, 0.4) is 0 Å². The van der Waals surface area contributed by atoms with Crippen molar-refractivity contribution in [3.8, 4) is 0 Å². The first-order valence-electron chi connectivity index (χ1n) is 3.88. The van der Waals surface area contributed by atoms with Crippen molar-refractivity contribution in [3.05, 3.63) is 27.6 Å². The zero-order chi connectivity index (χ0) is 8.55. The van der Waals surface area contributed by atoms with Crippen molar-refractivity contribution in [3.63, 3.8) is 0 Å². The fourth-order valence-electron chi connectivity index (χ4n) is 1.38. The highest BCUT2D eigenvalue weighted by molar-refractivity contribution is 7.12. The molecule has 4 heteroatoms. The molecule has 1 N–H and O–H groups in total. The summed E-state index contributed by atoms with van der Waals surface area (Å²) in [6.45, 7) is 2.42. The van der Waals surface area contributed by atoms with Gasteiger partial charge in [-0.25, -0.2) is 5.32 Å². The maximum Gasteiger partial charge on any atom is 0.222 e. The summed E-state index contributed by atoms with van der Waals surface area (Å²) in [6, 6.07) is 4.13. The first-order valence-corrected chi connectivity index (χ1v) is 4.76. The molecule has 12 heavy (non-hydrogen) atoms. The van der Waals surface area contributed by atoms with Gasteiger partial charge >= 0.3 is 0 Å². The fraction of sp³-hybridized carbons (Fsp3) is 0.375. The van der Waals surface area contributed by atoms with Gasteiger partial charge in [-0.3, -0.25) is 0 Å². The summed E-state index contributed by atoms with van der Waals surface area (Å²) >= 11 is 1.61. The molecule has 1 unspecified atom stereocenters. The van der Waals surface area contributed by atoms with Crippen LogP contribution in [0.2, 0.25) is 0 Å². The van der Waals surface area contributed by atoms with Crippen molar-refractivity contribution in [2.24, 2.45) is 0 Å². The number of hydrogen-bond donors (Lipinski definition) is 1. The smallest absolute Gasteiger partial charge is 0.222 e. The van der Waals surface area contributed by atoms with Gasteiger partial charge in [0.1, 0.15) is 0 Å². The van der Waals surface area contributed by atoms with Crippen molar-refractivity contribution < 1.29 is 4.74 Å². The topological polar surface area (TPSA) is 38.1 Å². The van der Waals surface area contributed by atoms with Crippen molar-refractivity contribution >= 4 is 17.0 Å². The van der Waals surface area contributed by atoms with E-state index in [1.807, 2.05) is 24.4 Å². The van der Waals surface area contributed by atoms with E-state index >= 15 is 0 Å². The summed E-state index contributed by atoms with van der Waals surface area (Å²) in [5.74, 6) is 0. The lowest BCUT2D eigenvalue weighted by atomic mass is 10.2. The Balaban J connectivity index is 2.40. The van der Waals surface area contributed by atoms with Gasteiger partial charge in [0, 0.05) is 0 Å². The van der Waals surface area contributed by atoms with E-state index in [1.54, 1.807) is 11.3 Å². The molecule has 0 bridgehead atoms. The second-order valence-corrected chi connectivity index (χ2v) is 3.77. The predicted octanol–water partition coefficient (Wildman–Crippen LogP) is 0.997. The highest BCUT2D eigenvalue weighted by atomic mass is 32.1. The van der Waals surface area contributed by atoms with Crippen LogP contribution in [0.4, 0.5) is 0 Å². The average molecular weight is 182 g/mol. The van der Waals surface area contributed by atoms with Crippen molar-refractivity contribution in [2.45, 2.75) is 13.0 Å². The molecule has 0 spiro atoms. The summed E-state index contributed by atoms with van der Waals surface area (Å²) in [7, 11) is 0. The molecule has 0 saturated carbocycles. The van der Waals surface area contributed by atoms with E-state index in [9.17, 15) is 5.21 Å². The van der Waals surface area contributed by atoms with Crippen molar-refractivity contribution in [1.29, 1.82) is 0 Å². The lowest BCUT2D eigenvalue weighted by Gasteiger charge is -2.00. The molecule has 1 aliphatic heterocycles. The zero-order valence-corrected chi connectivity index (χ0v) is 7.60. The van der Waals surface area contributed by atoms with Gasteiger partial charge in [-0.15, -0.1) is 11.3 Å². The first kappa shape index (κ1) is 7.76. The Kier molecular flexibility index (Phi) is 1.86. The molecule has 0 aromatic carbocycles. The largest absolute Gasteiger partial charge is 0.623 e.